The molecular formula is C14H20N2O. The first-order valence-corrected chi connectivity index (χ1v) is 6.11. The maximum absolute atomic E-state index is 12.4. The number of fused-ring (bicyclic) bond motifs is 1. The number of carbonyl (C=O) groups excluding carboxylic acids is 1. The lowest BCUT2D eigenvalue weighted by atomic mass is 9.94. The quantitative estimate of drug-likeness (QED) is 0.743. The zero-order valence-corrected chi connectivity index (χ0v) is 10.8. The highest BCUT2D eigenvalue weighted by atomic mass is 16.2. The minimum Gasteiger partial charge on any atom is -0.311 e. The second-order valence-corrected chi connectivity index (χ2v) is 5.51. The largest absolute Gasteiger partial charge is 0.311 e. The summed E-state index contributed by atoms with van der Waals surface area (Å²) >= 11 is 0. The van der Waals surface area contributed by atoms with Crippen molar-refractivity contribution in [2.24, 2.45) is 5.41 Å². The van der Waals surface area contributed by atoms with Crippen LogP contribution in [0.25, 0.3) is 0 Å². The lowest BCUT2D eigenvalue weighted by molar-refractivity contribution is -0.125. The standard InChI is InChI=1S/C14H20N2O/c1-14(2,3)13(17)16-9-8-15-10-11-6-4-5-7-12(11)16/h4-7,15H,8-10H2,1-3H3. The number of rotatable bonds is 0. The molecule has 3 heteroatoms. The first-order valence-electron chi connectivity index (χ1n) is 6.11. The number of hydrogen-bond acceptors (Lipinski definition) is 2. The van der Waals surface area contributed by atoms with E-state index in [4.69, 9.17) is 0 Å². The van der Waals surface area contributed by atoms with Gasteiger partial charge in [-0.3, -0.25) is 4.79 Å². The molecule has 0 saturated heterocycles. The van der Waals surface area contributed by atoms with Gasteiger partial charge in [0.2, 0.25) is 5.91 Å². The molecule has 2 rings (SSSR count). The first kappa shape index (κ1) is 12.1. The normalized spacial score (nSPS) is 16.3. The van der Waals surface area contributed by atoms with Crippen LogP contribution in [0, 0.1) is 5.41 Å². The smallest absolute Gasteiger partial charge is 0.232 e. The summed E-state index contributed by atoms with van der Waals surface area (Å²) in [6.07, 6.45) is 0. The third-order valence-corrected chi connectivity index (χ3v) is 3.00. The maximum Gasteiger partial charge on any atom is 0.232 e. The molecule has 17 heavy (non-hydrogen) atoms. The van der Waals surface area contributed by atoms with E-state index >= 15 is 0 Å². The Morgan fingerprint density at radius 2 is 2.00 bits per heavy atom. The number of carbonyl (C=O) groups is 1. The molecule has 1 aliphatic heterocycles. The van der Waals surface area contributed by atoms with Crippen LogP contribution in [0.1, 0.15) is 26.3 Å². The minimum absolute atomic E-state index is 0.189. The average molecular weight is 232 g/mol. The third-order valence-electron chi connectivity index (χ3n) is 3.00. The molecule has 0 spiro atoms. The number of para-hydroxylation sites is 1. The fraction of sp³-hybridized carbons (Fsp3) is 0.500. The fourth-order valence-corrected chi connectivity index (χ4v) is 2.07. The van der Waals surface area contributed by atoms with Gasteiger partial charge >= 0.3 is 0 Å². The van der Waals surface area contributed by atoms with Crippen molar-refractivity contribution in [1.82, 2.24) is 5.32 Å². The number of amides is 1. The molecule has 3 nitrogen and oxygen atoms in total. The Balaban J connectivity index is 2.38. The van der Waals surface area contributed by atoms with Gasteiger partial charge in [-0.05, 0) is 11.6 Å². The fourth-order valence-electron chi connectivity index (χ4n) is 2.07. The molecule has 1 N–H and O–H groups in total. The summed E-state index contributed by atoms with van der Waals surface area (Å²) < 4.78 is 0. The van der Waals surface area contributed by atoms with Crippen LogP contribution in [0.2, 0.25) is 0 Å². The monoisotopic (exact) mass is 232 g/mol. The topological polar surface area (TPSA) is 32.3 Å². The summed E-state index contributed by atoms with van der Waals surface area (Å²) in [5.74, 6) is 0.189. The second kappa shape index (κ2) is 4.49. The second-order valence-electron chi connectivity index (χ2n) is 5.51. The summed E-state index contributed by atoms with van der Waals surface area (Å²) in [6, 6.07) is 8.13. The number of hydrogen-bond donors (Lipinski definition) is 1. The Morgan fingerprint density at radius 3 is 2.71 bits per heavy atom. The summed E-state index contributed by atoms with van der Waals surface area (Å²) in [6.45, 7) is 8.33. The van der Waals surface area contributed by atoms with Crippen LogP contribution in [-0.4, -0.2) is 19.0 Å². The van der Waals surface area contributed by atoms with Gasteiger partial charge in [-0.25, -0.2) is 0 Å². The molecule has 0 radical (unpaired) electrons. The molecule has 0 atom stereocenters. The predicted octanol–water partition coefficient (Wildman–Crippen LogP) is 2.17. The molecule has 0 bridgehead atoms. The first-order chi connectivity index (χ1) is 8.00. The Kier molecular flexibility index (Phi) is 3.20. The predicted molar refractivity (Wildman–Crippen MR) is 70.0 cm³/mol. The Bertz CT molecular complexity index is 420. The molecule has 0 saturated carbocycles. The molecule has 0 aliphatic carbocycles. The van der Waals surface area contributed by atoms with Crippen LogP contribution >= 0.6 is 0 Å². The van der Waals surface area contributed by atoms with Crippen molar-refractivity contribution in [2.75, 3.05) is 18.0 Å². The van der Waals surface area contributed by atoms with Crippen molar-refractivity contribution in [3.05, 3.63) is 29.8 Å². The van der Waals surface area contributed by atoms with Crippen LogP contribution in [0.5, 0.6) is 0 Å². The van der Waals surface area contributed by atoms with Crippen LogP contribution in [0.3, 0.4) is 0 Å². The van der Waals surface area contributed by atoms with Gasteiger partial charge in [0.15, 0.2) is 0 Å². The van der Waals surface area contributed by atoms with Gasteiger partial charge in [-0.2, -0.15) is 0 Å². The summed E-state index contributed by atoms with van der Waals surface area (Å²) in [4.78, 5) is 14.3. The number of nitrogens with zero attached hydrogens (tertiary/aromatic N) is 1. The van der Waals surface area contributed by atoms with Crippen LogP contribution in [-0.2, 0) is 11.3 Å². The van der Waals surface area contributed by atoms with Crippen LogP contribution in [0.4, 0.5) is 5.69 Å². The van der Waals surface area contributed by atoms with E-state index in [9.17, 15) is 4.79 Å². The third kappa shape index (κ3) is 2.50. The molecule has 0 unspecified atom stereocenters. The van der Waals surface area contributed by atoms with E-state index in [0.717, 1.165) is 25.3 Å². The van der Waals surface area contributed by atoms with E-state index in [2.05, 4.69) is 11.4 Å². The molecule has 92 valence electrons. The van der Waals surface area contributed by atoms with Crippen molar-refractivity contribution in [3.63, 3.8) is 0 Å². The average Bonchev–Trinajstić information content (AvgIpc) is 2.48. The summed E-state index contributed by atoms with van der Waals surface area (Å²) in [5, 5.41) is 3.35. The van der Waals surface area contributed by atoms with Crippen molar-refractivity contribution in [3.8, 4) is 0 Å². The van der Waals surface area contributed by atoms with Gasteiger partial charge in [-0.1, -0.05) is 39.0 Å². The molecular weight excluding hydrogens is 212 g/mol. The lowest BCUT2D eigenvalue weighted by Crippen LogP contribution is -2.41. The SMILES string of the molecule is CC(C)(C)C(=O)N1CCNCc2ccccc21. The highest BCUT2D eigenvalue weighted by Crippen LogP contribution is 2.27. The molecule has 1 aromatic rings. The van der Waals surface area contributed by atoms with Gasteiger partial charge in [0.25, 0.3) is 0 Å². The van der Waals surface area contributed by atoms with Gasteiger partial charge < -0.3 is 10.2 Å². The van der Waals surface area contributed by atoms with Gasteiger partial charge in [0.1, 0.15) is 0 Å². The van der Waals surface area contributed by atoms with E-state index in [0.29, 0.717) is 0 Å². The maximum atomic E-state index is 12.4. The van der Waals surface area contributed by atoms with Crippen molar-refractivity contribution in [2.45, 2.75) is 27.3 Å². The molecule has 1 amide bonds. The molecule has 1 aliphatic rings. The minimum atomic E-state index is -0.336. The molecule has 0 aromatic heterocycles. The molecule has 0 fully saturated rings. The highest BCUT2D eigenvalue weighted by molar-refractivity contribution is 5.97. The van der Waals surface area contributed by atoms with Crippen LogP contribution in [0.15, 0.2) is 24.3 Å². The van der Waals surface area contributed by atoms with E-state index in [1.165, 1.54) is 5.56 Å². The zero-order valence-electron chi connectivity index (χ0n) is 10.8. The zero-order chi connectivity index (χ0) is 12.5. The van der Waals surface area contributed by atoms with Gasteiger partial charge in [0, 0.05) is 30.7 Å². The number of anilines is 1. The van der Waals surface area contributed by atoms with E-state index in [1.807, 2.05) is 43.9 Å². The summed E-state index contributed by atoms with van der Waals surface area (Å²) in [5.41, 5.74) is 1.91. The van der Waals surface area contributed by atoms with E-state index in [1.54, 1.807) is 0 Å². The number of benzene rings is 1. The van der Waals surface area contributed by atoms with Crippen LogP contribution < -0.4 is 10.2 Å². The van der Waals surface area contributed by atoms with Gasteiger partial charge in [0.05, 0.1) is 0 Å². The highest BCUT2D eigenvalue weighted by Gasteiger charge is 2.29. The molecule has 1 aromatic carbocycles. The van der Waals surface area contributed by atoms with Gasteiger partial charge in [-0.15, -0.1) is 0 Å². The van der Waals surface area contributed by atoms with Crippen molar-refractivity contribution < 1.29 is 4.79 Å². The Morgan fingerprint density at radius 1 is 1.29 bits per heavy atom. The molecule has 1 heterocycles. The van der Waals surface area contributed by atoms with Crippen molar-refractivity contribution in [1.29, 1.82) is 0 Å². The van der Waals surface area contributed by atoms with E-state index in [-0.39, 0.29) is 11.3 Å². The number of nitrogens with one attached hydrogen (secondary N) is 1. The van der Waals surface area contributed by atoms with E-state index < -0.39 is 0 Å². The Hall–Kier alpha value is -1.35. The lowest BCUT2D eigenvalue weighted by Gasteiger charge is -2.29. The van der Waals surface area contributed by atoms with Crippen molar-refractivity contribution >= 4 is 11.6 Å². The Labute approximate surface area is 103 Å². The summed E-state index contributed by atoms with van der Waals surface area (Å²) in [7, 11) is 0.